The van der Waals surface area contributed by atoms with E-state index < -0.39 is 0 Å². The van der Waals surface area contributed by atoms with Gasteiger partial charge in [-0.2, -0.15) is 0 Å². The Morgan fingerprint density at radius 3 is 2.71 bits per heavy atom. The average molecular weight is 238 g/mol. The van der Waals surface area contributed by atoms with E-state index in [0.717, 1.165) is 18.6 Å². The number of hydrogen-bond acceptors (Lipinski definition) is 3. The van der Waals surface area contributed by atoms with E-state index in [-0.39, 0.29) is 0 Å². The Kier molecular flexibility index (Phi) is 3.69. The van der Waals surface area contributed by atoms with Crippen molar-refractivity contribution in [2.45, 2.75) is 57.2 Å². The molecule has 0 aromatic heterocycles. The molecule has 0 spiro atoms. The van der Waals surface area contributed by atoms with Gasteiger partial charge in [-0.3, -0.25) is 4.90 Å². The molecule has 3 atom stereocenters. The Labute approximate surface area is 105 Å². The second-order valence-corrected chi connectivity index (χ2v) is 6.07. The summed E-state index contributed by atoms with van der Waals surface area (Å²) in [5.74, 6) is 0.872. The van der Waals surface area contributed by atoms with Crippen LogP contribution in [0.25, 0.3) is 0 Å². The third kappa shape index (κ3) is 2.83. The first-order valence-electron chi connectivity index (χ1n) is 7.42. The second-order valence-electron chi connectivity index (χ2n) is 6.07. The molecule has 2 aliphatic heterocycles. The Morgan fingerprint density at radius 2 is 2.12 bits per heavy atom. The number of nitrogens with zero attached hydrogens (tertiary/aromatic N) is 1. The zero-order valence-corrected chi connectivity index (χ0v) is 11.0. The predicted octanol–water partition coefficient (Wildman–Crippen LogP) is 1.63. The highest BCUT2D eigenvalue weighted by Crippen LogP contribution is 2.34. The molecule has 3 heteroatoms. The van der Waals surface area contributed by atoms with E-state index in [4.69, 9.17) is 4.74 Å². The van der Waals surface area contributed by atoms with Crippen LogP contribution in [0.2, 0.25) is 0 Å². The summed E-state index contributed by atoms with van der Waals surface area (Å²) in [7, 11) is 0. The fourth-order valence-electron chi connectivity index (χ4n) is 3.50. The minimum Gasteiger partial charge on any atom is -0.377 e. The van der Waals surface area contributed by atoms with Crippen molar-refractivity contribution < 1.29 is 4.74 Å². The van der Waals surface area contributed by atoms with Crippen LogP contribution in [-0.4, -0.2) is 49.3 Å². The van der Waals surface area contributed by atoms with Crippen molar-refractivity contribution in [1.29, 1.82) is 0 Å². The SMILES string of the molecule is CC1OCCC1N(CC1CCCNC1)C1CC1. The fraction of sp³-hybridized carbons (Fsp3) is 1.00. The molecule has 1 N–H and O–H groups in total. The summed E-state index contributed by atoms with van der Waals surface area (Å²) in [4.78, 5) is 2.79. The van der Waals surface area contributed by atoms with Crippen LogP contribution >= 0.6 is 0 Å². The van der Waals surface area contributed by atoms with Gasteiger partial charge in [-0.25, -0.2) is 0 Å². The molecule has 3 rings (SSSR count). The Balaban J connectivity index is 1.59. The summed E-state index contributed by atoms with van der Waals surface area (Å²) in [6.45, 7) is 6.98. The lowest BCUT2D eigenvalue weighted by atomic mass is 9.97. The lowest BCUT2D eigenvalue weighted by Gasteiger charge is -2.35. The normalized spacial score (nSPS) is 38.8. The first kappa shape index (κ1) is 11.9. The van der Waals surface area contributed by atoms with Gasteiger partial charge in [0.25, 0.3) is 0 Å². The molecule has 0 radical (unpaired) electrons. The molecule has 0 amide bonds. The maximum absolute atomic E-state index is 5.76. The van der Waals surface area contributed by atoms with E-state index in [0.29, 0.717) is 12.1 Å². The van der Waals surface area contributed by atoms with Crippen LogP contribution in [0, 0.1) is 5.92 Å². The van der Waals surface area contributed by atoms with Gasteiger partial charge in [0.2, 0.25) is 0 Å². The van der Waals surface area contributed by atoms with Crippen molar-refractivity contribution in [3.8, 4) is 0 Å². The van der Waals surface area contributed by atoms with Gasteiger partial charge in [-0.05, 0) is 58.0 Å². The van der Waals surface area contributed by atoms with Crippen molar-refractivity contribution >= 4 is 0 Å². The van der Waals surface area contributed by atoms with Crippen molar-refractivity contribution in [2.75, 3.05) is 26.2 Å². The summed E-state index contributed by atoms with van der Waals surface area (Å²) in [5.41, 5.74) is 0. The third-order valence-electron chi connectivity index (χ3n) is 4.65. The number of piperidine rings is 1. The Bertz CT molecular complexity index is 249. The largest absolute Gasteiger partial charge is 0.377 e. The van der Waals surface area contributed by atoms with Crippen molar-refractivity contribution in [2.24, 2.45) is 5.92 Å². The van der Waals surface area contributed by atoms with Crippen molar-refractivity contribution in [3.05, 3.63) is 0 Å². The van der Waals surface area contributed by atoms with Gasteiger partial charge >= 0.3 is 0 Å². The van der Waals surface area contributed by atoms with Gasteiger partial charge < -0.3 is 10.1 Å². The first-order chi connectivity index (χ1) is 8.34. The summed E-state index contributed by atoms with van der Waals surface area (Å²) in [6, 6.07) is 1.58. The zero-order valence-electron chi connectivity index (χ0n) is 11.0. The maximum atomic E-state index is 5.76. The van der Waals surface area contributed by atoms with E-state index in [9.17, 15) is 0 Å². The highest BCUT2D eigenvalue weighted by Gasteiger charge is 2.39. The van der Waals surface area contributed by atoms with Crippen molar-refractivity contribution in [3.63, 3.8) is 0 Å². The van der Waals surface area contributed by atoms with Crippen LogP contribution in [0.3, 0.4) is 0 Å². The van der Waals surface area contributed by atoms with Gasteiger partial charge in [-0.1, -0.05) is 0 Å². The van der Waals surface area contributed by atoms with Crippen LogP contribution in [0.5, 0.6) is 0 Å². The average Bonchev–Trinajstić information content (AvgIpc) is 3.11. The summed E-state index contributed by atoms with van der Waals surface area (Å²) in [5, 5.41) is 3.54. The van der Waals surface area contributed by atoms with Crippen LogP contribution in [0.1, 0.15) is 39.0 Å². The molecule has 1 saturated carbocycles. The van der Waals surface area contributed by atoms with E-state index in [1.165, 1.54) is 51.7 Å². The topological polar surface area (TPSA) is 24.5 Å². The molecule has 3 nitrogen and oxygen atoms in total. The molecular formula is C14H26N2O. The minimum atomic E-state index is 0.451. The van der Waals surface area contributed by atoms with E-state index in [1.807, 2.05) is 0 Å². The summed E-state index contributed by atoms with van der Waals surface area (Å²) >= 11 is 0. The molecule has 3 aliphatic rings. The van der Waals surface area contributed by atoms with E-state index in [1.54, 1.807) is 0 Å². The molecule has 0 aromatic carbocycles. The van der Waals surface area contributed by atoms with Gasteiger partial charge in [0.1, 0.15) is 0 Å². The molecule has 3 fully saturated rings. The van der Waals surface area contributed by atoms with Gasteiger partial charge in [0, 0.05) is 25.2 Å². The van der Waals surface area contributed by atoms with Gasteiger partial charge in [0.05, 0.1) is 6.10 Å². The molecule has 0 aromatic rings. The molecule has 2 saturated heterocycles. The van der Waals surface area contributed by atoms with E-state index in [2.05, 4.69) is 17.1 Å². The standard InChI is InChI=1S/C14H26N2O/c1-11-14(6-8-17-11)16(13-4-5-13)10-12-3-2-7-15-9-12/h11-15H,2-10H2,1H3. The Hall–Kier alpha value is -0.120. The summed E-state index contributed by atoms with van der Waals surface area (Å²) < 4.78 is 5.76. The lowest BCUT2D eigenvalue weighted by Crippen LogP contribution is -2.46. The molecule has 0 bridgehead atoms. The predicted molar refractivity (Wildman–Crippen MR) is 69.1 cm³/mol. The molecule has 2 heterocycles. The molecule has 98 valence electrons. The lowest BCUT2D eigenvalue weighted by molar-refractivity contribution is 0.0604. The molecular weight excluding hydrogens is 212 g/mol. The smallest absolute Gasteiger partial charge is 0.0703 e. The van der Waals surface area contributed by atoms with Gasteiger partial charge in [0.15, 0.2) is 0 Å². The zero-order chi connectivity index (χ0) is 11.7. The van der Waals surface area contributed by atoms with Crippen LogP contribution in [-0.2, 0) is 4.74 Å². The highest BCUT2D eigenvalue weighted by atomic mass is 16.5. The number of hydrogen-bond donors (Lipinski definition) is 1. The Morgan fingerprint density at radius 1 is 1.24 bits per heavy atom. The van der Waals surface area contributed by atoms with E-state index >= 15 is 0 Å². The highest BCUT2D eigenvalue weighted by molar-refractivity contribution is 4.94. The first-order valence-corrected chi connectivity index (χ1v) is 7.42. The monoisotopic (exact) mass is 238 g/mol. The molecule has 1 aliphatic carbocycles. The fourth-order valence-corrected chi connectivity index (χ4v) is 3.50. The molecule has 3 unspecified atom stereocenters. The molecule has 17 heavy (non-hydrogen) atoms. The second kappa shape index (κ2) is 5.25. The third-order valence-corrected chi connectivity index (χ3v) is 4.65. The quantitative estimate of drug-likeness (QED) is 0.805. The van der Waals surface area contributed by atoms with Crippen LogP contribution in [0.15, 0.2) is 0 Å². The minimum absolute atomic E-state index is 0.451. The maximum Gasteiger partial charge on any atom is 0.0703 e. The number of nitrogens with one attached hydrogen (secondary N) is 1. The summed E-state index contributed by atoms with van der Waals surface area (Å²) in [6.07, 6.45) is 7.31. The van der Waals surface area contributed by atoms with Crippen LogP contribution in [0.4, 0.5) is 0 Å². The number of ether oxygens (including phenoxy) is 1. The number of rotatable bonds is 4. The van der Waals surface area contributed by atoms with Crippen LogP contribution < -0.4 is 5.32 Å². The van der Waals surface area contributed by atoms with Crippen molar-refractivity contribution in [1.82, 2.24) is 10.2 Å². The van der Waals surface area contributed by atoms with Gasteiger partial charge in [-0.15, -0.1) is 0 Å².